The van der Waals surface area contributed by atoms with E-state index in [0.717, 1.165) is 29.9 Å². The summed E-state index contributed by atoms with van der Waals surface area (Å²) in [6, 6.07) is 15.3. The first kappa shape index (κ1) is 22.3. The molecule has 0 aromatic heterocycles. The lowest BCUT2D eigenvalue weighted by molar-refractivity contribution is -0.139. The molecule has 0 amide bonds. The van der Waals surface area contributed by atoms with Crippen molar-refractivity contribution in [3.63, 3.8) is 0 Å². The van der Waals surface area contributed by atoms with Gasteiger partial charge in [-0.2, -0.15) is 0 Å². The highest BCUT2D eigenvalue weighted by Gasteiger charge is 2.32. The molecule has 0 aliphatic rings. The molecule has 0 aliphatic carbocycles. The number of hydrogen-bond donors (Lipinski definition) is 1. The highest BCUT2D eigenvalue weighted by molar-refractivity contribution is 6.33. The van der Waals surface area contributed by atoms with Gasteiger partial charge in [-0.25, -0.2) is 4.79 Å². The molecule has 152 valence electrons. The number of ether oxygens (including phenoxy) is 1. The number of hydrogen-bond acceptors (Lipinski definition) is 2. The lowest BCUT2D eigenvalue weighted by Gasteiger charge is -2.17. The van der Waals surface area contributed by atoms with Crippen LogP contribution in [0, 0.1) is 0 Å². The SMILES string of the molecule is CCCCCCCCCOc1ccc(-c2ccc(C(C)(Cl)C(=O)O)cc2)cc1. The zero-order chi connectivity index (χ0) is 20.4. The second-order valence-electron chi connectivity index (χ2n) is 7.38. The number of carboxylic acids is 1. The maximum Gasteiger partial charge on any atom is 0.329 e. The van der Waals surface area contributed by atoms with Crippen LogP contribution in [0.5, 0.6) is 5.75 Å². The van der Waals surface area contributed by atoms with Crippen molar-refractivity contribution in [2.24, 2.45) is 0 Å². The van der Waals surface area contributed by atoms with Crippen LogP contribution < -0.4 is 4.74 Å². The molecule has 1 atom stereocenters. The summed E-state index contributed by atoms with van der Waals surface area (Å²) in [6.07, 6.45) is 8.92. The Balaban J connectivity index is 1.81. The van der Waals surface area contributed by atoms with Crippen molar-refractivity contribution in [3.05, 3.63) is 54.1 Å². The Labute approximate surface area is 173 Å². The Morgan fingerprint density at radius 2 is 1.39 bits per heavy atom. The monoisotopic (exact) mass is 402 g/mol. The number of halogens is 1. The summed E-state index contributed by atoms with van der Waals surface area (Å²) < 4.78 is 5.83. The van der Waals surface area contributed by atoms with Crippen LogP contribution in [0.15, 0.2) is 48.5 Å². The van der Waals surface area contributed by atoms with Gasteiger partial charge in [-0.15, -0.1) is 11.6 Å². The quantitative estimate of drug-likeness (QED) is 0.306. The molecule has 0 fully saturated rings. The van der Waals surface area contributed by atoms with Crippen molar-refractivity contribution in [1.82, 2.24) is 0 Å². The largest absolute Gasteiger partial charge is 0.494 e. The van der Waals surface area contributed by atoms with E-state index in [1.807, 2.05) is 36.4 Å². The summed E-state index contributed by atoms with van der Waals surface area (Å²) in [6.45, 7) is 4.48. The van der Waals surface area contributed by atoms with E-state index in [9.17, 15) is 9.90 Å². The van der Waals surface area contributed by atoms with Crippen molar-refractivity contribution in [3.8, 4) is 16.9 Å². The van der Waals surface area contributed by atoms with Crippen molar-refractivity contribution >= 4 is 17.6 Å². The summed E-state index contributed by atoms with van der Waals surface area (Å²) in [5.41, 5.74) is 2.64. The molecular weight excluding hydrogens is 372 g/mol. The Kier molecular flexibility index (Phi) is 8.85. The fraction of sp³-hybridized carbons (Fsp3) is 0.458. The standard InChI is InChI=1S/C24H31ClO3/c1-3-4-5-6-7-8-9-18-28-22-16-12-20(13-17-22)19-10-14-21(15-11-19)24(2,25)23(26)27/h10-17H,3-9,18H2,1-2H3,(H,26,27). The van der Waals surface area contributed by atoms with Gasteiger partial charge < -0.3 is 9.84 Å². The smallest absolute Gasteiger partial charge is 0.329 e. The van der Waals surface area contributed by atoms with Gasteiger partial charge >= 0.3 is 5.97 Å². The van der Waals surface area contributed by atoms with Crippen LogP contribution in [-0.2, 0) is 9.67 Å². The van der Waals surface area contributed by atoms with Gasteiger partial charge in [0, 0.05) is 0 Å². The van der Waals surface area contributed by atoms with Crippen LogP contribution in [-0.4, -0.2) is 17.7 Å². The lowest BCUT2D eigenvalue weighted by atomic mass is 9.97. The molecule has 28 heavy (non-hydrogen) atoms. The van der Waals surface area contributed by atoms with E-state index in [0.29, 0.717) is 5.56 Å². The zero-order valence-corrected chi connectivity index (χ0v) is 17.7. The summed E-state index contributed by atoms with van der Waals surface area (Å²) in [7, 11) is 0. The van der Waals surface area contributed by atoms with Gasteiger partial charge in [-0.1, -0.05) is 81.8 Å². The number of aliphatic carboxylic acids is 1. The van der Waals surface area contributed by atoms with Gasteiger partial charge in [0.05, 0.1) is 6.61 Å². The Hall–Kier alpha value is -2.00. The summed E-state index contributed by atoms with van der Waals surface area (Å²) in [5, 5.41) is 9.22. The predicted octanol–water partition coefficient (Wildman–Crippen LogP) is 7.02. The van der Waals surface area contributed by atoms with Crippen LogP contribution in [0.25, 0.3) is 11.1 Å². The molecule has 0 bridgehead atoms. The van der Waals surface area contributed by atoms with Gasteiger partial charge in [0.25, 0.3) is 0 Å². The molecule has 2 aromatic carbocycles. The Bertz CT molecular complexity index is 721. The summed E-state index contributed by atoms with van der Waals surface area (Å²) in [5.74, 6) is -0.171. The van der Waals surface area contributed by atoms with Crippen LogP contribution in [0.1, 0.15) is 64.4 Å². The number of alkyl halides is 1. The van der Waals surface area contributed by atoms with Crippen LogP contribution in [0.2, 0.25) is 0 Å². The minimum Gasteiger partial charge on any atom is -0.494 e. The van der Waals surface area contributed by atoms with E-state index in [4.69, 9.17) is 16.3 Å². The first-order valence-electron chi connectivity index (χ1n) is 10.2. The minimum absolute atomic E-state index is 0.570. The Morgan fingerprint density at radius 1 is 0.893 bits per heavy atom. The third-order valence-corrected chi connectivity index (χ3v) is 5.41. The number of unbranched alkanes of at least 4 members (excludes halogenated alkanes) is 6. The molecule has 0 radical (unpaired) electrons. The average Bonchev–Trinajstić information content (AvgIpc) is 2.70. The Morgan fingerprint density at radius 3 is 1.93 bits per heavy atom. The molecule has 2 aromatic rings. The van der Waals surface area contributed by atoms with Crippen LogP contribution in [0.4, 0.5) is 0 Å². The van der Waals surface area contributed by atoms with Gasteiger partial charge in [0.2, 0.25) is 0 Å². The highest BCUT2D eigenvalue weighted by Crippen LogP contribution is 2.31. The van der Waals surface area contributed by atoms with Gasteiger partial charge in [-0.3, -0.25) is 0 Å². The molecule has 0 saturated heterocycles. The highest BCUT2D eigenvalue weighted by atomic mass is 35.5. The van der Waals surface area contributed by atoms with E-state index in [-0.39, 0.29) is 0 Å². The van der Waals surface area contributed by atoms with E-state index in [1.54, 1.807) is 12.1 Å². The van der Waals surface area contributed by atoms with Gasteiger partial charge in [0.1, 0.15) is 5.75 Å². The third-order valence-electron chi connectivity index (χ3n) is 5.03. The van der Waals surface area contributed by atoms with Gasteiger partial charge in [-0.05, 0) is 42.2 Å². The predicted molar refractivity (Wildman–Crippen MR) is 116 cm³/mol. The van der Waals surface area contributed by atoms with E-state index < -0.39 is 10.8 Å². The fourth-order valence-electron chi connectivity index (χ4n) is 3.09. The van der Waals surface area contributed by atoms with Crippen molar-refractivity contribution in [2.45, 2.75) is 63.7 Å². The number of benzene rings is 2. The molecule has 3 nitrogen and oxygen atoms in total. The zero-order valence-electron chi connectivity index (χ0n) is 16.9. The number of rotatable bonds is 12. The number of carbonyl (C=O) groups is 1. The molecule has 0 saturated carbocycles. The third kappa shape index (κ3) is 6.56. The first-order chi connectivity index (χ1) is 13.4. The van der Waals surface area contributed by atoms with Gasteiger partial charge in [0.15, 0.2) is 4.87 Å². The van der Waals surface area contributed by atoms with E-state index >= 15 is 0 Å². The van der Waals surface area contributed by atoms with Crippen LogP contribution >= 0.6 is 11.6 Å². The first-order valence-corrected chi connectivity index (χ1v) is 10.6. The van der Waals surface area contributed by atoms with Crippen molar-refractivity contribution in [2.75, 3.05) is 6.61 Å². The minimum atomic E-state index is -1.41. The molecule has 1 unspecified atom stereocenters. The molecule has 2 rings (SSSR count). The molecule has 0 spiro atoms. The van der Waals surface area contributed by atoms with Crippen molar-refractivity contribution in [1.29, 1.82) is 0 Å². The fourth-order valence-corrected chi connectivity index (χ4v) is 3.22. The van der Waals surface area contributed by atoms with E-state index in [2.05, 4.69) is 6.92 Å². The maximum atomic E-state index is 11.3. The number of carboxylic acid groups (broad SMARTS) is 1. The molecule has 0 heterocycles. The molecule has 1 N–H and O–H groups in total. The van der Waals surface area contributed by atoms with Crippen molar-refractivity contribution < 1.29 is 14.6 Å². The second kappa shape index (κ2) is 11.1. The van der Waals surface area contributed by atoms with Crippen LogP contribution in [0.3, 0.4) is 0 Å². The van der Waals surface area contributed by atoms with E-state index in [1.165, 1.54) is 45.4 Å². The molecular formula is C24H31ClO3. The molecule has 4 heteroatoms. The topological polar surface area (TPSA) is 46.5 Å². The average molecular weight is 403 g/mol. The lowest BCUT2D eigenvalue weighted by Crippen LogP contribution is -2.25. The summed E-state index contributed by atoms with van der Waals surface area (Å²) in [4.78, 5) is 9.84. The second-order valence-corrected chi connectivity index (χ2v) is 8.14. The maximum absolute atomic E-state index is 11.3. The molecule has 0 aliphatic heterocycles. The normalized spacial score (nSPS) is 13.1. The summed E-state index contributed by atoms with van der Waals surface area (Å²) >= 11 is 6.10.